The fourth-order valence-electron chi connectivity index (χ4n) is 2.80. The molecule has 0 aliphatic carbocycles. The maximum absolute atomic E-state index is 11.2. The van der Waals surface area contributed by atoms with Crippen molar-refractivity contribution < 1.29 is 4.92 Å². The van der Waals surface area contributed by atoms with Crippen molar-refractivity contribution in [2.75, 3.05) is 39.0 Å². The summed E-state index contributed by atoms with van der Waals surface area (Å²) in [6, 6.07) is 6.08. The van der Waals surface area contributed by atoms with Gasteiger partial charge in [-0.2, -0.15) is 0 Å². The number of nitro benzene ring substituents is 1. The van der Waals surface area contributed by atoms with Gasteiger partial charge in [-0.3, -0.25) is 15.0 Å². The number of anilines is 1. The molecule has 1 aromatic carbocycles. The summed E-state index contributed by atoms with van der Waals surface area (Å²) >= 11 is 0. The Bertz CT molecular complexity index is 504. The minimum absolute atomic E-state index is 0.165. The summed E-state index contributed by atoms with van der Waals surface area (Å²) in [6.07, 6.45) is 1.16. The van der Waals surface area contributed by atoms with Crippen molar-refractivity contribution in [3.8, 4) is 0 Å². The zero-order chi connectivity index (χ0) is 15.4. The van der Waals surface area contributed by atoms with E-state index in [0.717, 1.165) is 31.6 Å². The van der Waals surface area contributed by atoms with Crippen molar-refractivity contribution in [3.63, 3.8) is 0 Å². The number of benzene rings is 1. The Hall–Kier alpha value is -1.66. The van der Waals surface area contributed by atoms with Crippen LogP contribution in [0.1, 0.15) is 18.9 Å². The van der Waals surface area contributed by atoms with E-state index < -0.39 is 0 Å². The van der Waals surface area contributed by atoms with E-state index in [1.54, 1.807) is 6.07 Å². The molecule has 1 atom stereocenters. The third kappa shape index (κ3) is 3.92. The topological polar surface area (TPSA) is 61.6 Å². The highest BCUT2D eigenvalue weighted by Crippen LogP contribution is 2.26. The van der Waals surface area contributed by atoms with Gasteiger partial charge >= 0.3 is 0 Å². The molecule has 0 aromatic heterocycles. The Kier molecular flexibility index (Phi) is 5.14. The Labute approximate surface area is 125 Å². The first-order valence-corrected chi connectivity index (χ1v) is 7.41. The van der Waals surface area contributed by atoms with Gasteiger partial charge in [0, 0.05) is 38.3 Å². The van der Waals surface area contributed by atoms with Crippen LogP contribution in [0.15, 0.2) is 18.2 Å². The lowest BCUT2D eigenvalue weighted by Crippen LogP contribution is -2.31. The Balaban J connectivity index is 2.07. The highest BCUT2D eigenvalue weighted by molar-refractivity contribution is 5.62. The van der Waals surface area contributed by atoms with Crippen LogP contribution < -0.4 is 5.32 Å². The van der Waals surface area contributed by atoms with Crippen LogP contribution >= 0.6 is 0 Å². The largest absolute Gasteiger partial charge is 0.380 e. The lowest BCUT2D eigenvalue weighted by atomic mass is 10.1. The number of nitrogens with one attached hydrogen (secondary N) is 1. The summed E-state index contributed by atoms with van der Waals surface area (Å²) < 4.78 is 0. The Morgan fingerprint density at radius 3 is 2.81 bits per heavy atom. The zero-order valence-corrected chi connectivity index (χ0v) is 13.0. The van der Waals surface area contributed by atoms with Gasteiger partial charge in [-0.05, 0) is 39.1 Å². The maximum atomic E-state index is 11.2. The molecule has 0 bridgehead atoms. The van der Waals surface area contributed by atoms with Gasteiger partial charge in [0.25, 0.3) is 5.69 Å². The van der Waals surface area contributed by atoms with E-state index in [1.165, 1.54) is 0 Å². The van der Waals surface area contributed by atoms with Gasteiger partial charge in [0.1, 0.15) is 5.69 Å². The van der Waals surface area contributed by atoms with E-state index in [1.807, 2.05) is 19.1 Å². The lowest BCUT2D eigenvalue weighted by Gasteiger charge is -2.20. The van der Waals surface area contributed by atoms with E-state index in [2.05, 4.69) is 29.2 Å². The molecule has 0 spiro atoms. The molecule has 0 saturated carbocycles. The molecule has 6 heteroatoms. The fraction of sp³-hybridized carbons (Fsp3) is 0.600. The van der Waals surface area contributed by atoms with Crippen molar-refractivity contribution in [1.29, 1.82) is 0 Å². The summed E-state index contributed by atoms with van der Waals surface area (Å²) in [5.74, 6) is 0. The molecular weight excluding hydrogens is 268 g/mol. The zero-order valence-electron chi connectivity index (χ0n) is 13.0. The molecule has 6 nitrogen and oxygen atoms in total. The van der Waals surface area contributed by atoms with E-state index >= 15 is 0 Å². The second-order valence-electron chi connectivity index (χ2n) is 5.78. The number of likely N-dealkylation sites (tertiary alicyclic amines) is 1. The molecule has 1 fully saturated rings. The van der Waals surface area contributed by atoms with Gasteiger partial charge < -0.3 is 10.2 Å². The van der Waals surface area contributed by atoms with Crippen LogP contribution in [-0.4, -0.2) is 54.5 Å². The first-order chi connectivity index (χ1) is 10.0. The van der Waals surface area contributed by atoms with E-state index in [-0.39, 0.29) is 10.6 Å². The highest BCUT2D eigenvalue weighted by atomic mass is 16.6. The summed E-state index contributed by atoms with van der Waals surface area (Å²) in [6.45, 7) is 5.46. The highest BCUT2D eigenvalue weighted by Gasteiger charge is 2.24. The van der Waals surface area contributed by atoms with Crippen LogP contribution in [0.3, 0.4) is 0 Å². The summed E-state index contributed by atoms with van der Waals surface area (Å²) in [4.78, 5) is 15.5. The van der Waals surface area contributed by atoms with Crippen LogP contribution in [0.5, 0.6) is 0 Å². The van der Waals surface area contributed by atoms with Crippen LogP contribution in [-0.2, 0) is 6.54 Å². The second kappa shape index (κ2) is 6.87. The molecule has 116 valence electrons. The van der Waals surface area contributed by atoms with Gasteiger partial charge in [-0.15, -0.1) is 0 Å². The quantitative estimate of drug-likeness (QED) is 0.643. The predicted octanol–water partition coefficient (Wildman–Crippen LogP) is 2.16. The normalized spacial score (nSPS) is 19.1. The Morgan fingerprint density at radius 2 is 2.24 bits per heavy atom. The van der Waals surface area contributed by atoms with Gasteiger partial charge in [-0.25, -0.2) is 0 Å². The van der Waals surface area contributed by atoms with Crippen LogP contribution in [0.2, 0.25) is 0 Å². The second-order valence-corrected chi connectivity index (χ2v) is 5.78. The van der Waals surface area contributed by atoms with Crippen molar-refractivity contribution in [2.45, 2.75) is 25.9 Å². The van der Waals surface area contributed by atoms with Crippen molar-refractivity contribution in [3.05, 3.63) is 33.9 Å². The van der Waals surface area contributed by atoms with Crippen LogP contribution in [0.4, 0.5) is 11.4 Å². The van der Waals surface area contributed by atoms with Crippen LogP contribution in [0.25, 0.3) is 0 Å². The molecule has 1 N–H and O–H groups in total. The minimum Gasteiger partial charge on any atom is -0.380 e. The van der Waals surface area contributed by atoms with E-state index in [4.69, 9.17) is 0 Å². The molecule has 1 aliphatic rings. The molecule has 1 saturated heterocycles. The van der Waals surface area contributed by atoms with Crippen LogP contribution in [0, 0.1) is 10.1 Å². The number of hydrogen-bond donors (Lipinski definition) is 1. The summed E-state index contributed by atoms with van der Waals surface area (Å²) in [5.41, 5.74) is 1.76. The number of hydrogen-bond acceptors (Lipinski definition) is 5. The number of likely N-dealkylation sites (N-methyl/N-ethyl adjacent to an activating group) is 1. The molecular formula is C15H24N4O2. The lowest BCUT2D eigenvalue weighted by molar-refractivity contribution is -0.384. The number of nitro groups is 1. The molecule has 1 aromatic rings. The number of rotatable bonds is 6. The van der Waals surface area contributed by atoms with Gasteiger partial charge in [0.05, 0.1) is 4.92 Å². The van der Waals surface area contributed by atoms with Crippen molar-refractivity contribution in [2.24, 2.45) is 0 Å². The van der Waals surface area contributed by atoms with Gasteiger partial charge in [0.2, 0.25) is 0 Å². The molecule has 0 amide bonds. The smallest absolute Gasteiger partial charge is 0.292 e. The first-order valence-electron chi connectivity index (χ1n) is 7.41. The number of nitrogens with zero attached hydrogens (tertiary/aromatic N) is 3. The average molecular weight is 292 g/mol. The predicted molar refractivity (Wildman–Crippen MR) is 84.6 cm³/mol. The summed E-state index contributed by atoms with van der Waals surface area (Å²) in [5, 5.41) is 14.2. The molecule has 21 heavy (non-hydrogen) atoms. The maximum Gasteiger partial charge on any atom is 0.292 e. The molecule has 1 heterocycles. The minimum atomic E-state index is -0.311. The van der Waals surface area contributed by atoms with Crippen molar-refractivity contribution >= 4 is 11.4 Å². The average Bonchev–Trinajstić information content (AvgIpc) is 2.89. The van der Waals surface area contributed by atoms with E-state index in [0.29, 0.717) is 18.3 Å². The van der Waals surface area contributed by atoms with Gasteiger partial charge in [0.15, 0.2) is 0 Å². The monoisotopic (exact) mass is 292 g/mol. The molecule has 0 radical (unpaired) electrons. The van der Waals surface area contributed by atoms with Gasteiger partial charge in [-0.1, -0.05) is 6.07 Å². The first kappa shape index (κ1) is 15.7. The fourth-order valence-corrected chi connectivity index (χ4v) is 2.80. The third-order valence-electron chi connectivity index (χ3n) is 4.01. The third-order valence-corrected chi connectivity index (χ3v) is 4.01. The standard InChI is InChI=1S/C15H24N4O2/c1-4-16-14-6-5-12(9-15(14)19(20)21)10-18-8-7-13(11-18)17(2)3/h5-6,9,13,16H,4,7-8,10-11H2,1-3H3. The molecule has 2 rings (SSSR count). The molecule has 1 aliphatic heterocycles. The molecule has 1 unspecified atom stereocenters. The Morgan fingerprint density at radius 1 is 1.48 bits per heavy atom. The van der Waals surface area contributed by atoms with E-state index in [9.17, 15) is 10.1 Å². The SMILES string of the molecule is CCNc1ccc(CN2CCC(N(C)C)C2)cc1[N+](=O)[O-]. The van der Waals surface area contributed by atoms with Crippen molar-refractivity contribution in [1.82, 2.24) is 9.80 Å². The summed E-state index contributed by atoms with van der Waals surface area (Å²) in [7, 11) is 4.20.